The van der Waals surface area contributed by atoms with Crippen LogP contribution in [0.3, 0.4) is 0 Å². The normalized spacial score (nSPS) is 15.0. The fourth-order valence-electron chi connectivity index (χ4n) is 1.80. The third-order valence-corrected chi connectivity index (χ3v) is 5.23. The number of amides is 2. The summed E-state index contributed by atoms with van der Waals surface area (Å²) in [5.41, 5.74) is 1.01. The van der Waals surface area contributed by atoms with Crippen molar-refractivity contribution in [2.45, 2.75) is 30.7 Å². The predicted octanol–water partition coefficient (Wildman–Crippen LogP) is 1.08. The molecule has 2 amide bonds. The van der Waals surface area contributed by atoms with Gasteiger partial charge in [0.25, 0.3) is 0 Å². The van der Waals surface area contributed by atoms with Crippen molar-refractivity contribution in [2.75, 3.05) is 20.1 Å². The highest BCUT2D eigenvalue weighted by Crippen LogP contribution is 2.18. The van der Waals surface area contributed by atoms with Gasteiger partial charge in [-0.15, -0.1) is 0 Å². The van der Waals surface area contributed by atoms with E-state index in [1.807, 2.05) is 6.92 Å². The van der Waals surface area contributed by atoms with E-state index in [0.717, 1.165) is 18.4 Å². The van der Waals surface area contributed by atoms with E-state index in [0.29, 0.717) is 6.04 Å². The van der Waals surface area contributed by atoms with Gasteiger partial charge in [0.15, 0.2) is 0 Å². The molecule has 0 aromatic heterocycles. The largest absolute Gasteiger partial charge is 0.337 e. The molecule has 0 atom stereocenters. The first-order valence-corrected chi connectivity index (χ1v) is 8.41. The van der Waals surface area contributed by atoms with Crippen molar-refractivity contribution in [1.82, 2.24) is 14.9 Å². The molecule has 0 aliphatic heterocycles. The van der Waals surface area contributed by atoms with Gasteiger partial charge in [0.2, 0.25) is 10.0 Å². The van der Waals surface area contributed by atoms with Crippen LogP contribution < -0.4 is 10.6 Å². The molecule has 116 valence electrons. The number of hydrogen-bond acceptors (Lipinski definition) is 3. The SMILES string of the molecule is Cc1ccc(S(=O)(=O)N(C)CCNC(=O)NC2CC2)cc1. The molecule has 2 rings (SSSR count). The number of benzene rings is 1. The minimum atomic E-state index is -3.50. The number of carbonyl (C=O) groups is 1. The van der Waals surface area contributed by atoms with E-state index in [4.69, 9.17) is 0 Å². The van der Waals surface area contributed by atoms with Crippen molar-refractivity contribution in [1.29, 1.82) is 0 Å². The molecule has 0 bridgehead atoms. The van der Waals surface area contributed by atoms with Gasteiger partial charge >= 0.3 is 6.03 Å². The van der Waals surface area contributed by atoms with Gasteiger partial charge in [-0.05, 0) is 31.9 Å². The Hall–Kier alpha value is -1.60. The summed E-state index contributed by atoms with van der Waals surface area (Å²) in [6.07, 6.45) is 2.05. The number of carbonyl (C=O) groups excluding carboxylic acids is 1. The number of rotatable bonds is 6. The van der Waals surface area contributed by atoms with Gasteiger partial charge < -0.3 is 10.6 Å². The number of urea groups is 1. The molecule has 1 aromatic carbocycles. The molecule has 0 unspecified atom stereocenters. The third kappa shape index (κ3) is 4.44. The molecule has 1 saturated carbocycles. The number of nitrogens with one attached hydrogen (secondary N) is 2. The van der Waals surface area contributed by atoms with E-state index in [-0.39, 0.29) is 24.0 Å². The highest BCUT2D eigenvalue weighted by Gasteiger charge is 2.23. The second kappa shape index (κ2) is 6.44. The lowest BCUT2D eigenvalue weighted by Crippen LogP contribution is -2.41. The summed E-state index contributed by atoms with van der Waals surface area (Å²) in [5, 5.41) is 5.45. The zero-order chi connectivity index (χ0) is 15.5. The first kappa shape index (κ1) is 15.8. The van der Waals surface area contributed by atoms with Crippen molar-refractivity contribution < 1.29 is 13.2 Å². The summed E-state index contributed by atoms with van der Waals surface area (Å²) in [6.45, 7) is 2.41. The number of sulfonamides is 1. The molecule has 1 fully saturated rings. The summed E-state index contributed by atoms with van der Waals surface area (Å²) >= 11 is 0. The smallest absolute Gasteiger partial charge is 0.315 e. The fourth-order valence-corrected chi connectivity index (χ4v) is 2.97. The Bertz CT molecular complexity index is 594. The van der Waals surface area contributed by atoms with Crippen molar-refractivity contribution in [3.05, 3.63) is 29.8 Å². The number of nitrogens with zero attached hydrogens (tertiary/aromatic N) is 1. The maximum Gasteiger partial charge on any atom is 0.315 e. The monoisotopic (exact) mass is 311 g/mol. The van der Waals surface area contributed by atoms with E-state index in [1.54, 1.807) is 24.3 Å². The van der Waals surface area contributed by atoms with Crippen LogP contribution in [-0.2, 0) is 10.0 Å². The van der Waals surface area contributed by atoms with Crippen LogP contribution in [-0.4, -0.2) is 44.9 Å². The average Bonchev–Trinajstić information content (AvgIpc) is 3.23. The molecule has 0 saturated heterocycles. The summed E-state index contributed by atoms with van der Waals surface area (Å²) in [7, 11) is -1.99. The Morgan fingerprint density at radius 1 is 1.29 bits per heavy atom. The molecule has 0 spiro atoms. The number of likely N-dealkylation sites (N-methyl/N-ethyl adjacent to an activating group) is 1. The maximum absolute atomic E-state index is 12.3. The van der Waals surface area contributed by atoms with Gasteiger partial charge in [0.05, 0.1) is 4.90 Å². The van der Waals surface area contributed by atoms with Crippen molar-refractivity contribution in [3.63, 3.8) is 0 Å². The molecule has 2 N–H and O–H groups in total. The Labute approximate surface area is 125 Å². The molecule has 6 nitrogen and oxygen atoms in total. The minimum absolute atomic E-state index is 0.230. The third-order valence-electron chi connectivity index (χ3n) is 3.35. The topological polar surface area (TPSA) is 78.5 Å². The van der Waals surface area contributed by atoms with Crippen LogP contribution >= 0.6 is 0 Å². The Morgan fingerprint density at radius 2 is 1.90 bits per heavy atom. The number of aryl methyl sites for hydroxylation is 1. The lowest BCUT2D eigenvalue weighted by atomic mass is 10.2. The van der Waals surface area contributed by atoms with Crippen LogP contribution in [0.4, 0.5) is 4.79 Å². The lowest BCUT2D eigenvalue weighted by Gasteiger charge is -2.17. The molecule has 1 aliphatic rings. The van der Waals surface area contributed by atoms with Gasteiger partial charge in [-0.3, -0.25) is 0 Å². The highest BCUT2D eigenvalue weighted by molar-refractivity contribution is 7.89. The zero-order valence-corrected chi connectivity index (χ0v) is 13.1. The fraction of sp³-hybridized carbons (Fsp3) is 0.500. The first-order chi connectivity index (χ1) is 9.89. The highest BCUT2D eigenvalue weighted by atomic mass is 32.2. The van der Waals surface area contributed by atoms with Gasteiger partial charge in [0, 0.05) is 26.2 Å². The lowest BCUT2D eigenvalue weighted by molar-refractivity contribution is 0.240. The van der Waals surface area contributed by atoms with Crippen LogP contribution in [0, 0.1) is 6.92 Å². The van der Waals surface area contributed by atoms with E-state index in [2.05, 4.69) is 10.6 Å². The predicted molar refractivity (Wildman–Crippen MR) is 80.6 cm³/mol. The van der Waals surface area contributed by atoms with E-state index >= 15 is 0 Å². The number of hydrogen-bond donors (Lipinski definition) is 2. The minimum Gasteiger partial charge on any atom is -0.337 e. The summed E-state index contributed by atoms with van der Waals surface area (Å²) in [4.78, 5) is 11.7. The molecule has 7 heteroatoms. The molecule has 1 aliphatic carbocycles. The van der Waals surface area contributed by atoms with Crippen LogP contribution in [0.25, 0.3) is 0 Å². The second-order valence-corrected chi connectivity index (χ2v) is 7.36. The molecular formula is C14H21N3O3S. The molecule has 0 radical (unpaired) electrons. The summed E-state index contributed by atoms with van der Waals surface area (Å²) < 4.78 is 25.9. The second-order valence-electron chi connectivity index (χ2n) is 5.31. The summed E-state index contributed by atoms with van der Waals surface area (Å²) in [5.74, 6) is 0. The van der Waals surface area contributed by atoms with E-state index in [1.165, 1.54) is 11.4 Å². The Kier molecular flexibility index (Phi) is 4.84. The summed E-state index contributed by atoms with van der Waals surface area (Å²) in [6, 6.07) is 6.77. The van der Waals surface area contributed by atoms with Crippen molar-refractivity contribution in [2.24, 2.45) is 0 Å². The molecule has 0 heterocycles. The first-order valence-electron chi connectivity index (χ1n) is 6.97. The Morgan fingerprint density at radius 3 is 2.48 bits per heavy atom. The molecular weight excluding hydrogens is 290 g/mol. The average molecular weight is 311 g/mol. The molecule has 1 aromatic rings. The molecule has 21 heavy (non-hydrogen) atoms. The van der Waals surface area contributed by atoms with Gasteiger partial charge in [-0.1, -0.05) is 17.7 Å². The standard InChI is InChI=1S/C14H21N3O3S/c1-11-3-7-13(8-4-11)21(19,20)17(2)10-9-15-14(18)16-12-5-6-12/h3-4,7-8,12H,5-6,9-10H2,1-2H3,(H2,15,16,18). The van der Waals surface area contributed by atoms with Gasteiger partial charge in [-0.2, -0.15) is 4.31 Å². The van der Waals surface area contributed by atoms with E-state index < -0.39 is 10.0 Å². The quantitative estimate of drug-likeness (QED) is 0.825. The van der Waals surface area contributed by atoms with Crippen LogP contribution in [0.5, 0.6) is 0 Å². The van der Waals surface area contributed by atoms with Crippen molar-refractivity contribution >= 4 is 16.1 Å². The van der Waals surface area contributed by atoms with Crippen LogP contribution in [0.1, 0.15) is 18.4 Å². The van der Waals surface area contributed by atoms with E-state index in [9.17, 15) is 13.2 Å². The zero-order valence-electron chi connectivity index (χ0n) is 12.3. The van der Waals surface area contributed by atoms with Gasteiger partial charge in [0.1, 0.15) is 0 Å². The van der Waals surface area contributed by atoms with Crippen LogP contribution in [0.15, 0.2) is 29.2 Å². The van der Waals surface area contributed by atoms with Gasteiger partial charge in [-0.25, -0.2) is 13.2 Å². The Balaban J connectivity index is 1.84. The maximum atomic E-state index is 12.3. The van der Waals surface area contributed by atoms with Crippen LogP contribution in [0.2, 0.25) is 0 Å². The van der Waals surface area contributed by atoms with Crippen molar-refractivity contribution in [3.8, 4) is 0 Å².